The quantitative estimate of drug-likeness (QED) is 0.730. The van der Waals surface area contributed by atoms with Crippen LogP contribution in [0, 0.1) is 0 Å². The van der Waals surface area contributed by atoms with E-state index < -0.39 is 0 Å². The molecule has 1 aromatic heterocycles. The Labute approximate surface area is 141 Å². The lowest BCUT2D eigenvalue weighted by Crippen LogP contribution is -1.99. The summed E-state index contributed by atoms with van der Waals surface area (Å²) in [6.07, 6.45) is 1.66. The van der Waals surface area contributed by atoms with Crippen LogP contribution in [0.1, 0.15) is 0 Å². The van der Waals surface area contributed by atoms with Crippen molar-refractivity contribution in [1.29, 1.82) is 0 Å². The van der Waals surface area contributed by atoms with Crippen molar-refractivity contribution in [3.05, 3.63) is 53.1 Å². The number of aromatic hydroxyl groups is 1. The van der Waals surface area contributed by atoms with Gasteiger partial charge in [0, 0.05) is 27.9 Å². The van der Waals surface area contributed by atoms with Gasteiger partial charge < -0.3 is 15.6 Å². The third kappa shape index (κ3) is 3.12. The lowest BCUT2D eigenvalue weighted by atomic mass is 10.00. The summed E-state index contributed by atoms with van der Waals surface area (Å²) in [6.45, 7) is 0. The van der Waals surface area contributed by atoms with E-state index in [1.165, 1.54) is 0 Å². The summed E-state index contributed by atoms with van der Waals surface area (Å²) in [7, 11) is 1.55. The second kappa shape index (κ2) is 6.26. The van der Waals surface area contributed by atoms with Gasteiger partial charge in [-0.05, 0) is 29.8 Å². The molecule has 0 saturated heterocycles. The van der Waals surface area contributed by atoms with E-state index in [2.05, 4.69) is 25.9 Å². The first kappa shape index (κ1) is 15.3. The van der Waals surface area contributed by atoms with E-state index >= 15 is 0 Å². The molecule has 2 aromatic carbocycles. The largest absolute Gasteiger partial charge is 0.507 e. The molecule has 0 spiro atoms. The Hall–Kier alpha value is -2.60. The normalized spacial score (nSPS) is 10.5. The van der Waals surface area contributed by atoms with Gasteiger partial charge in [-0.1, -0.05) is 28.1 Å². The van der Waals surface area contributed by atoms with E-state index in [1.807, 2.05) is 24.3 Å². The molecule has 0 fully saturated rings. The molecule has 0 aliphatic heterocycles. The van der Waals surface area contributed by atoms with Gasteiger partial charge in [0.1, 0.15) is 11.5 Å². The minimum atomic E-state index is 0.0702. The third-order valence-corrected chi connectivity index (χ3v) is 3.95. The molecule has 3 N–H and O–H groups in total. The number of nitrogens with zero attached hydrogens (tertiary/aromatic N) is 2. The summed E-state index contributed by atoms with van der Waals surface area (Å²) in [5.41, 5.74) is 8.59. The van der Waals surface area contributed by atoms with E-state index in [1.54, 1.807) is 31.5 Å². The van der Waals surface area contributed by atoms with Crippen molar-refractivity contribution < 1.29 is 9.84 Å². The molecular weight excluding hydrogens is 358 g/mol. The molecule has 0 aliphatic carbocycles. The Morgan fingerprint density at radius 1 is 1.09 bits per heavy atom. The molecule has 0 radical (unpaired) electrons. The number of anilines is 1. The van der Waals surface area contributed by atoms with Gasteiger partial charge in [-0.25, -0.2) is 9.97 Å². The van der Waals surface area contributed by atoms with Crippen LogP contribution in [0.4, 0.5) is 5.95 Å². The molecule has 0 saturated carbocycles. The number of rotatable bonds is 3. The van der Waals surface area contributed by atoms with Gasteiger partial charge >= 0.3 is 0 Å². The lowest BCUT2D eigenvalue weighted by molar-refractivity contribution is 0.408. The van der Waals surface area contributed by atoms with Crippen LogP contribution in [0.3, 0.4) is 0 Å². The first-order chi connectivity index (χ1) is 11.1. The standard InChI is InChI=1S/C17H14BrN3O2/c1-23-12-6-7-13(15(22)8-12)16-14(9-20-17(19)21-16)10-2-4-11(18)5-3-10/h2-9,22H,1H3,(H2,19,20,21). The van der Waals surface area contributed by atoms with Gasteiger partial charge in [0.05, 0.1) is 12.8 Å². The minimum absolute atomic E-state index is 0.0702. The summed E-state index contributed by atoms with van der Waals surface area (Å²) >= 11 is 3.42. The maximum absolute atomic E-state index is 10.3. The van der Waals surface area contributed by atoms with Crippen molar-refractivity contribution in [2.24, 2.45) is 0 Å². The van der Waals surface area contributed by atoms with Crippen LogP contribution >= 0.6 is 15.9 Å². The molecule has 116 valence electrons. The fourth-order valence-electron chi connectivity index (χ4n) is 2.28. The van der Waals surface area contributed by atoms with Crippen LogP contribution in [-0.4, -0.2) is 22.2 Å². The van der Waals surface area contributed by atoms with Crippen LogP contribution in [0.2, 0.25) is 0 Å². The predicted octanol–water partition coefficient (Wildman–Crippen LogP) is 3.87. The zero-order valence-corrected chi connectivity index (χ0v) is 13.9. The summed E-state index contributed by atoms with van der Waals surface area (Å²) in [4.78, 5) is 8.39. The molecule has 3 rings (SSSR count). The van der Waals surface area contributed by atoms with E-state index in [0.717, 1.165) is 15.6 Å². The highest BCUT2D eigenvalue weighted by molar-refractivity contribution is 9.10. The summed E-state index contributed by atoms with van der Waals surface area (Å²) in [6, 6.07) is 12.8. The molecule has 0 unspecified atom stereocenters. The number of benzene rings is 2. The van der Waals surface area contributed by atoms with E-state index in [-0.39, 0.29) is 11.7 Å². The van der Waals surface area contributed by atoms with Crippen molar-refractivity contribution in [1.82, 2.24) is 9.97 Å². The zero-order chi connectivity index (χ0) is 16.4. The van der Waals surface area contributed by atoms with Crippen molar-refractivity contribution in [3.8, 4) is 33.9 Å². The van der Waals surface area contributed by atoms with E-state index in [9.17, 15) is 5.11 Å². The van der Waals surface area contributed by atoms with Crippen LogP contribution in [0.5, 0.6) is 11.5 Å². The lowest BCUT2D eigenvalue weighted by Gasteiger charge is -2.12. The van der Waals surface area contributed by atoms with Crippen molar-refractivity contribution in [3.63, 3.8) is 0 Å². The number of nitrogens with two attached hydrogens (primary N) is 1. The second-order valence-corrected chi connectivity index (χ2v) is 5.80. The fourth-order valence-corrected chi connectivity index (χ4v) is 2.54. The average molecular weight is 372 g/mol. The third-order valence-electron chi connectivity index (χ3n) is 3.42. The number of methoxy groups -OCH3 is 1. The highest BCUT2D eigenvalue weighted by atomic mass is 79.9. The molecule has 1 heterocycles. The van der Waals surface area contributed by atoms with Crippen LogP contribution < -0.4 is 10.5 Å². The molecular formula is C17H14BrN3O2. The molecule has 6 heteroatoms. The van der Waals surface area contributed by atoms with Gasteiger partial charge in [-0.2, -0.15) is 0 Å². The molecule has 0 atom stereocenters. The SMILES string of the molecule is COc1ccc(-c2nc(N)ncc2-c2ccc(Br)cc2)c(O)c1. The highest BCUT2D eigenvalue weighted by Gasteiger charge is 2.15. The smallest absolute Gasteiger partial charge is 0.220 e. The average Bonchev–Trinajstić information content (AvgIpc) is 2.55. The predicted molar refractivity (Wildman–Crippen MR) is 93.2 cm³/mol. The number of phenols is 1. The molecule has 0 amide bonds. The maximum atomic E-state index is 10.3. The first-order valence-electron chi connectivity index (χ1n) is 6.84. The number of ether oxygens (including phenoxy) is 1. The summed E-state index contributed by atoms with van der Waals surface area (Å²) in [5, 5.41) is 10.3. The van der Waals surface area contributed by atoms with Crippen molar-refractivity contribution in [2.45, 2.75) is 0 Å². The summed E-state index contributed by atoms with van der Waals surface area (Å²) < 4.78 is 6.09. The van der Waals surface area contributed by atoms with E-state index in [0.29, 0.717) is 17.0 Å². The highest BCUT2D eigenvalue weighted by Crippen LogP contribution is 2.37. The number of nitrogen functional groups attached to an aromatic ring is 1. The number of aromatic nitrogens is 2. The second-order valence-electron chi connectivity index (χ2n) is 4.88. The number of hydrogen-bond donors (Lipinski definition) is 2. The Balaban J connectivity index is 2.19. The Kier molecular flexibility index (Phi) is 4.16. The van der Waals surface area contributed by atoms with Crippen LogP contribution in [-0.2, 0) is 0 Å². The number of halogens is 1. The van der Waals surface area contributed by atoms with Gasteiger partial charge in [0.2, 0.25) is 5.95 Å². The first-order valence-corrected chi connectivity index (χ1v) is 7.63. The van der Waals surface area contributed by atoms with Crippen molar-refractivity contribution >= 4 is 21.9 Å². The van der Waals surface area contributed by atoms with Crippen LogP contribution in [0.25, 0.3) is 22.4 Å². The van der Waals surface area contributed by atoms with Gasteiger partial charge in [-0.15, -0.1) is 0 Å². The van der Waals surface area contributed by atoms with Crippen LogP contribution in [0.15, 0.2) is 53.1 Å². The zero-order valence-electron chi connectivity index (χ0n) is 12.3. The summed E-state index contributed by atoms with van der Waals surface area (Å²) in [5.74, 6) is 0.787. The number of phenolic OH excluding ortho intramolecular Hbond substituents is 1. The maximum Gasteiger partial charge on any atom is 0.220 e. The van der Waals surface area contributed by atoms with Gasteiger partial charge in [0.25, 0.3) is 0 Å². The minimum Gasteiger partial charge on any atom is -0.507 e. The molecule has 0 aliphatic rings. The van der Waals surface area contributed by atoms with Crippen molar-refractivity contribution in [2.75, 3.05) is 12.8 Å². The monoisotopic (exact) mass is 371 g/mol. The molecule has 3 aromatic rings. The topological polar surface area (TPSA) is 81.3 Å². The Morgan fingerprint density at radius 2 is 1.83 bits per heavy atom. The Bertz CT molecular complexity index is 851. The molecule has 23 heavy (non-hydrogen) atoms. The van der Waals surface area contributed by atoms with Gasteiger partial charge in [-0.3, -0.25) is 0 Å². The van der Waals surface area contributed by atoms with Gasteiger partial charge in [0.15, 0.2) is 0 Å². The fraction of sp³-hybridized carbons (Fsp3) is 0.0588. The molecule has 0 bridgehead atoms. The van der Waals surface area contributed by atoms with E-state index in [4.69, 9.17) is 10.5 Å². The number of hydrogen-bond acceptors (Lipinski definition) is 5. The Morgan fingerprint density at radius 3 is 2.48 bits per heavy atom. The molecule has 5 nitrogen and oxygen atoms in total.